The highest BCUT2D eigenvalue weighted by Crippen LogP contribution is 2.26. The topological polar surface area (TPSA) is 60.5 Å². The van der Waals surface area contributed by atoms with Gasteiger partial charge in [-0.25, -0.2) is 13.8 Å². The van der Waals surface area contributed by atoms with E-state index < -0.39 is 17.5 Å². The van der Waals surface area contributed by atoms with Gasteiger partial charge in [-0.3, -0.25) is 4.79 Å². The molecule has 0 radical (unpaired) electrons. The number of ether oxygens (including phenoxy) is 2. The summed E-state index contributed by atoms with van der Waals surface area (Å²) >= 11 is 0. The van der Waals surface area contributed by atoms with Crippen molar-refractivity contribution in [3.05, 3.63) is 83.6 Å². The van der Waals surface area contributed by atoms with Gasteiger partial charge in [0.1, 0.15) is 17.1 Å². The second kappa shape index (κ2) is 8.27. The van der Waals surface area contributed by atoms with Crippen molar-refractivity contribution in [1.82, 2.24) is 10.3 Å². The van der Waals surface area contributed by atoms with Crippen LogP contribution in [0.5, 0.6) is 17.4 Å². The highest BCUT2D eigenvalue weighted by atomic mass is 19.1. The van der Waals surface area contributed by atoms with E-state index in [0.29, 0.717) is 5.56 Å². The molecular formula is C20H16F2N2O3. The van der Waals surface area contributed by atoms with E-state index in [1.54, 1.807) is 24.3 Å². The Balaban J connectivity index is 1.78. The lowest BCUT2D eigenvalue weighted by Crippen LogP contribution is -2.24. The molecule has 0 saturated carbocycles. The first-order chi connectivity index (χ1) is 13.1. The third kappa shape index (κ3) is 4.20. The number of pyridine rings is 1. The lowest BCUT2D eigenvalue weighted by atomic mass is 10.1. The van der Waals surface area contributed by atoms with Gasteiger partial charge in [-0.1, -0.05) is 24.3 Å². The molecule has 27 heavy (non-hydrogen) atoms. The first kappa shape index (κ1) is 18.3. The number of hydrogen-bond donors (Lipinski definition) is 1. The summed E-state index contributed by atoms with van der Waals surface area (Å²) < 4.78 is 38.3. The van der Waals surface area contributed by atoms with Crippen LogP contribution in [-0.4, -0.2) is 18.0 Å². The van der Waals surface area contributed by atoms with E-state index in [0.717, 1.165) is 0 Å². The van der Waals surface area contributed by atoms with Crippen LogP contribution in [0, 0.1) is 11.6 Å². The van der Waals surface area contributed by atoms with Crippen LogP contribution in [-0.2, 0) is 6.54 Å². The predicted octanol–water partition coefficient (Wildman–Crippen LogP) is 4.09. The number of aromatic nitrogens is 1. The van der Waals surface area contributed by atoms with Crippen LogP contribution >= 0.6 is 0 Å². The number of halogens is 2. The molecule has 0 unspecified atom stereocenters. The van der Waals surface area contributed by atoms with E-state index in [-0.39, 0.29) is 29.5 Å². The molecular weight excluding hydrogens is 354 g/mol. The first-order valence-corrected chi connectivity index (χ1v) is 8.07. The van der Waals surface area contributed by atoms with Gasteiger partial charge in [-0.15, -0.1) is 0 Å². The minimum Gasteiger partial charge on any atom is -0.496 e. The molecule has 1 amide bonds. The van der Waals surface area contributed by atoms with Gasteiger partial charge in [0.05, 0.1) is 7.11 Å². The summed E-state index contributed by atoms with van der Waals surface area (Å²) in [6, 6.07) is 13.4. The van der Waals surface area contributed by atoms with Crippen LogP contribution in [0.15, 0.2) is 60.8 Å². The van der Waals surface area contributed by atoms with Crippen molar-refractivity contribution in [3.63, 3.8) is 0 Å². The minimum absolute atomic E-state index is 0.00788. The second-order valence-electron chi connectivity index (χ2n) is 5.50. The summed E-state index contributed by atoms with van der Waals surface area (Å²) in [6.07, 6.45) is 1.49. The molecule has 1 heterocycles. The molecule has 5 nitrogen and oxygen atoms in total. The minimum atomic E-state index is -0.694. The Hall–Kier alpha value is -3.48. The third-order valence-electron chi connectivity index (χ3n) is 3.76. The Morgan fingerprint density at radius 1 is 1.00 bits per heavy atom. The van der Waals surface area contributed by atoms with Gasteiger partial charge in [0, 0.05) is 18.3 Å². The van der Waals surface area contributed by atoms with E-state index in [4.69, 9.17) is 9.47 Å². The van der Waals surface area contributed by atoms with Gasteiger partial charge in [0.15, 0.2) is 11.6 Å². The number of methoxy groups -OCH3 is 1. The number of para-hydroxylation sites is 1. The summed E-state index contributed by atoms with van der Waals surface area (Å²) in [7, 11) is 1.35. The zero-order valence-corrected chi connectivity index (χ0v) is 14.4. The molecule has 0 aliphatic carbocycles. The molecule has 7 heteroatoms. The van der Waals surface area contributed by atoms with Crippen LogP contribution in [0.2, 0.25) is 0 Å². The summed E-state index contributed by atoms with van der Waals surface area (Å²) in [6.45, 7) is 0.00788. The Bertz CT molecular complexity index is 963. The van der Waals surface area contributed by atoms with E-state index in [2.05, 4.69) is 10.3 Å². The van der Waals surface area contributed by atoms with Gasteiger partial charge in [-0.2, -0.15) is 0 Å². The summed E-state index contributed by atoms with van der Waals surface area (Å²) in [5.41, 5.74) is 0.310. The van der Waals surface area contributed by atoms with E-state index in [1.807, 2.05) is 0 Å². The maximum Gasteiger partial charge on any atom is 0.258 e. The summed E-state index contributed by atoms with van der Waals surface area (Å²) in [5, 5.41) is 2.60. The zero-order valence-electron chi connectivity index (χ0n) is 14.4. The van der Waals surface area contributed by atoms with Crippen LogP contribution in [0.25, 0.3) is 0 Å². The lowest BCUT2D eigenvalue weighted by Gasteiger charge is -2.12. The SMILES string of the molecule is COc1cccc(F)c1C(=O)NCc1cccnc1Oc1ccccc1F. The Kier molecular flexibility index (Phi) is 5.61. The number of nitrogens with zero attached hydrogens (tertiary/aromatic N) is 1. The van der Waals surface area contributed by atoms with E-state index in [1.165, 1.54) is 43.6 Å². The average Bonchev–Trinajstić information content (AvgIpc) is 2.68. The van der Waals surface area contributed by atoms with E-state index in [9.17, 15) is 13.6 Å². The van der Waals surface area contributed by atoms with Gasteiger partial charge in [0.2, 0.25) is 5.88 Å². The zero-order chi connectivity index (χ0) is 19.2. The molecule has 0 saturated heterocycles. The predicted molar refractivity (Wildman–Crippen MR) is 94.8 cm³/mol. The quantitative estimate of drug-likeness (QED) is 0.710. The van der Waals surface area contributed by atoms with Crippen molar-refractivity contribution in [2.45, 2.75) is 6.54 Å². The molecule has 0 aliphatic heterocycles. The fourth-order valence-corrected chi connectivity index (χ4v) is 2.44. The molecule has 3 rings (SSSR count). The summed E-state index contributed by atoms with van der Waals surface area (Å²) in [5.74, 6) is -1.59. The molecule has 0 spiro atoms. The molecule has 138 valence electrons. The maximum atomic E-state index is 14.0. The Morgan fingerprint density at radius 3 is 2.52 bits per heavy atom. The van der Waals surface area contributed by atoms with Crippen molar-refractivity contribution in [3.8, 4) is 17.4 Å². The molecule has 0 atom stereocenters. The van der Waals surface area contributed by atoms with Gasteiger partial charge < -0.3 is 14.8 Å². The van der Waals surface area contributed by atoms with Gasteiger partial charge in [-0.05, 0) is 30.3 Å². The summed E-state index contributed by atoms with van der Waals surface area (Å²) in [4.78, 5) is 16.5. The van der Waals surface area contributed by atoms with Crippen LogP contribution < -0.4 is 14.8 Å². The van der Waals surface area contributed by atoms with E-state index >= 15 is 0 Å². The molecule has 0 bridgehead atoms. The fraction of sp³-hybridized carbons (Fsp3) is 0.100. The normalized spacial score (nSPS) is 10.3. The van der Waals surface area contributed by atoms with Crippen LogP contribution in [0.3, 0.4) is 0 Å². The van der Waals surface area contributed by atoms with Crippen molar-refractivity contribution in [2.75, 3.05) is 7.11 Å². The molecule has 2 aromatic carbocycles. The molecule has 1 N–H and O–H groups in total. The largest absolute Gasteiger partial charge is 0.496 e. The van der Waals surface area contributed by atoms with Gasteiger partial charge in [0.25, 0.3) is 5.91 Å². The number of rotatable bonds is 6. The molecule has 0 aliphatic rings. The highest BCUT2D eigenvalue weighted by molar-refractivity contribution is 5.97. The number of carbonyl (C=O) groups is 1. The van der Waals surface area contributed by atoms with Crippen molar-refractivity contribution >= 4 is 5.91 Å². The second-order valence-corrected chi connectivity index (χ2v) is 5.50. The van der Waals surface area contributed by atoms with Crippen molar-refractivity contribution < 1.29 is 23.0 Å². The van der Waals surface area contributed by atoms with Crippen molar-refractivity contribution in [2.24, 2.45) is 0 Å². The molecule has 3 aromatic rings. The number of hydrogen-bond acceptors (Lipinski definition) is 4. The van der Waals surface area contributed by atoms with Crippen LogP contribution in [0.4, 0.5) is 8.78 Å². The first-order valence-electron chi connectivity index (χ1n) is 8.07. The number of carbonyl (C=O) groups excluding carboxylic acids is 1. The van der Waals surface area contributed by atoms with Crippen molar-refractivity contribution in [1.29, 1.82) is 0 Å². The fourth-order valence-electron chi connectivity index (χ4n) is 2.44. The monoisotopic (exact) mass is 370 g/mol. The highest BCUT2D eigenvalue weighted by Gasteiger charge is 2.18. The van der Waals surface area contributed by atoms with Crippen LogP contribution in [0.1, 0.15) is 15.9 Å². The number of amides is 1. The standard InChI is InChI=1S/C20H16F2N2O3/c1-26-17-10-4-8-15(22)18(17)19(25)24-12-13-6-5-11-23-20(13)27-16-9-3-2-7-14(16)21/h2-11H,12H2,1H3,(H,24,25). The average molecular weight is 370 g/mol. The maximum absolute atomic E-state index is 14.0. The third-order valence-corrected chi connectivity index (χ3v) is 3.76. The lowest BCUT2D eigenvalue weighted by molar-refractivity contribution is 0.0943. The Morgan fingerprint density at radius 2 is 1.74 bits per heavy atom. The number of benzene rings is 2. The molecule has 0 fully saturated rings. The molecule has 1 aromatic heterocycles. The van der Waals surface area contributed by atoms with Gasteiger partial charge >= 0.3 is 0 Å². The Labute approximate surface area is 154 Å². The smallest absolute Gasteiger partial charge is 0.258 e. The number of nitrogens with one attached hydrogen (secondary N) is 1.